The molecule has 2 aromatic carbocycles. The summed E-state index contributed by atoms with van der Waals surface area (Å²) < 4.78 is 61.0. The molecule has 0 aliphatic carbocycles. The maximum absolute atomic E-state index is 13.9. The van der Waals surface area contributed by atoms with Gasteiger partial charge in [0.1, 0.15) is 11.6 Å². The molecule has 13 heteroatoms. The van der Waals surface area contributed by atoms with Crippen molar-refractivity contribution in [3.8, 4) is 0 Å². The van der Waals surface area contributed by atoms with Crippen LogP contribution in [0.4, 0.5) is 20.2 Å². The number of benzene rings is 2. The number of sulfonamides is 1. The van der Waals surface area contributed by atoms with Gasteiger partial charge in [-0.15, -0.1) is 0 Å². The molecule has 0 spiro atoms. The van der Waals surface area contributed by atoms with Gasteiger partial charge >= 0.3 is 0 Å². The number of ether oxygens (including phenoxy) is 1. The van der Waals surface area contributed by atoms with Crippen molar-refractivity contribution in [2.45, 2.75) is 56.0 Å². The van der Waals surface area contributed by atoms with Crippen LogP contribution in [-0.2, 0) is 34.1 Å². The Balaban J connectivity index is 1.21. The van der Waals surface area contributed by atoms with Crippen LogP contribution >= 0.6 is 0 Å². The van der Waals surface area contributed by atoms with Gasteiger partial charge in [-0.3, -0.25) is 9.89 Å². The molecule has 45 heavy (non-hydrogen) atoms. The van der Waals surface area contributed by atoms with E-state index in [2.05, 4.69) is 32.4 Å². The molecular weight excluding hydrogens is 602 g/mol. The third-order valence-electron chi connectivity index (χ3n) is 9.06. The first kappa shape index (κ1) is 31.6. The Kier molecular flexibility index (Phi) is 9.50. The topological polar surface area (TPSA) is 111 Å². The van der Waals surface area contributed by atoms with Crippen LogP contribution in [0.15, 0.2) is 41.3 Å². The van der Waals surface area contributed by atoms with E-state index in [9.17, 15) is 22.0 Å². The maximum Gasteiger partial charge on any atom is 0.243 e. The van der Waals surface area contributed by atoms with Gasteiger partial charge in [0.2, 0.25) is 10.0 Å². The fraction of sp³-hybridized carbons (Fsp3) is 0.500. The van der Waals surface area contributed by atoms with Gasteiger partial charge in [0.25, 0.3) is 0 Å². The molecule has 3 aliphatic heterocycles. The van der Waals surface area contributed by atoms with E-state index in [0.717, 1.165) is 68.2 Å². The van der Waals surface area contributed by atoms with Gasteiger partial charge in [-0.2, -0.15) is 9.40 Å². The second kappa shape index (κ2) is 13.5. The number of halogens is 2. The smallest absolute Gasteiger partial charge is 0.243 e. The lowest BCUT2D eigenvalue weighted by Crippen LogP contribution is -2.36. The molecule has 3 aromatic rings. The van der Waals surface area contributed by atoms with Crippen molar-refractivity contribution in [1.29, 1.82) is 0 Å². The van der Waals surface area contributed by atoms with Crippen molar-refractivity contribution in [3.05, 3.63) is 70.5 Å². The van der Waals surface area contributed by atoms with Crippen LogP contribution in [0, 0.1) is 11.6 Å². The van der Waals surface area contributed by atoms with E-state index in [-0.39, 0.29) is 31.3 Å². The molecule has 3 aliphatic rings. The van der Waals surface area contributed by atoms with E-state index < -0.39 is 26.6 Å². The van der Waals surface area contributed by atoms with Crippen LogP contribution < -0.4 is 10.2 Å². The van der Waals surface area contributed by atoms with Crippen molar-refractivity contribution in [2.75, 3.05) is 63.2 Å². The molecular formula is C32H40F2N6O4S. The summed E-state index contributed by atoms with van der Waals surface area (Å²) >= 11 is 0. The third kappa shape index (κ3) is 7.21. The average molecular weight is 643 g/mol. The monoisotopic (exact) mass is 642 g/mol. The molecule has 0 saturated carbocycles. The molecule has 10 nitrogen and oxygen atoms in total. The minimum absolute atomic E-state index is 0.0269. The highest BCUT2D eigenvalue weighted by Gasteiger charge is 2.32. The van der Waals surface area contributed by atoms with Crippen LogP contribution in [0.25, 0.3) is 0 Å². The number of aromatic nitrogens is 2. The highest BCUT2D eigenvalue weighted by atomic mass is 32.2. The third-order valence-corrected chi connectivity index (χ3v) is 10.9. The molecule has 0 bridgehead atoms. The van der Waals surface area contributed by atoms with Crippen molar-refractivity contribution in [2.24, 2.45) is 0 Å². The summed E-state index contributed by atoms with van der Waals surface area (Å²) in [7, 11) is -2.10. The van der Waals surface area contributed by atoms with E-state index in [1.54, 1.807) is 0 Å². The summed E-state index contributed by atoms with van der Waals surface area (Å²) in [5.41, 5.74) is 4.17. The molecule has 2 fully saturated rings. The number of carbonyl (C=O) groups excluding carboxylic acids is 1. The van der Waals surface area contributed by atoms with Crippen LogP contribution in [0.5, 0.6) is 0 Å². The molecule has 2 N–H and O–H groups in total. The zero-order chi connectivity index (χ0) is 31.6. The summed E-state index contributed by atoms with van der Waals surface area (Å²) in [6.45, 7) is 5.55. The Morgan fingerprint density at radius 1 is 1.09 bits per heavy atom. The summed E-state index contributed by atoms with van der Waals surface area (Å²) in [4.78, 5) is 18.1. The molecule has 0 amide bonds. The molecule has 0 atom stereocenters. The van der Waals surface area contributed by atoms with Gasteiger partial charge in [0.05, 0.1) is 17.0 Å². The van der Waals surface area contributed by atoms with Crippen molar-refractivity contribution >= 4 is 27.2 Å². The SMILES string of the molecule is CN(CCN1CCCC1)c1ccc(C(=O)Cc2n[nH]c3c2CN(S(=O)(=O)c2cc(F)cc(F)c2)CC3)c(NC2CCOCC2)c1. The lowest BCUT2D eigenvalue weighted by molar-refractivity contribution is 0.0904. The second-order valence-electron chi connectivity index (χ2n) is 12.2. The largest absolute Gasteiger partial charge is 0.381 e. The number of likely N-dealkylation sites (tertiary alicyclic amines) is 1. The van der Waals surface area contributed by atoms with E-state index >= 15 is 0 Å². The number of H-pyrrole nitrogens is 1. The minimum atomic E-state index is -4.17. The number of rotatable bonds is 11. The van der Waals surface area contributed by atoms with Crippen LogP contribution in [0.2, 0.25) is 0 Å². The first-order chi connectivity index (χ1) is 21.7. The highest BCUT2D eigenvalue weighted by molar-refractivity contribution is 7.89. The Hall–Kier alpha value is -3.39. The van der Waals surface area contributed by atoms with E-state index in [1.165, 1.54) is 17.1 Å². The lowest BCUT2D eigenvalue weighted by Gasteiger charge is -2.28. The molecule has 0 unspecified atom stereocenters. The molecule has 6 rings (SSSR count). The summed E-state index contributed by atoms with van der Waals surface area (Å²) in [5.74, 6) is -2.07. The number of Topliss-reactive ketones (excluding diaryl/α,β-unsaturated/α-hetero) is 1. The predicted molar refractivity (Wildman–Crippen MR) is 167 cm³/mol. The normalized spacial score (nSPS) is 18.2. The number of nitrogens with one attached hydrogen (secondary N) is 2. The number of ketones is 1. The number of carbonyl (C=O) groups is 1. The van der Waals surface area contributed by atoms with Crippen LogP contribution in [0.1, 0.15) is 53.0 Å². The van der Waals surface area contributed by atoms with Gasteiger partial charge in [0, 0.05) is 93.2 Å². The van der Waals surface area contributed by atoms with Crippen LogP contribution in [0.3, 0.4) is 0 Å². The minimum Gasteiger partial charge on any atom is -0.381 e. The van der Waals surface area contributed by atoms with Gasteiger partial charge in [-0.25, -0.2) is 17.2 Å². The first-order valence-corrected chi connectivity index (χ1v) is 17.1. The number of hydrogen-bond acceptors (Lipinski definition) is 8. The lowest BCUT2D eigenvalue weighted by atomic mass is 9.98. The first-order valence-electron chi connectivity index (χ1n) is 15.6. The molecule has 242 valence electrons. The van der Waals surface area contributed by atoms with E-state index in [1.807, 2.05) is 18.2 Å². The Bertz CT molecular complexity index is 1620. The Morgan fingerprint density at radius 2 is 1.82 bits per heavy atom. The zero-order valence-electron chi connectivity index (χ0n) is 25.5. The summed E-state index contributed by atoms with van der Waals surface area (Å²) in [6.07, 6.45) is 4.49. The summed E-state index contributed by atoms with van der Waals surface area (Å²) in [5, 5.41) is 11.0. The van der Waals surface area contributed by atoms with Crippen molar-refractivity contribution in [1.82, 2.24) is 19.4 Å². The fourth-order valence-corrected chi connectivity index (χ4v) is 7.83. The quantitative estimate of drug-likeness (QED) is 0.303. The van der Waals surface area contributed by atoms with Crippen molar-refractivity contribution in [3.63, 3.8) is 0 Å². The standard InChI is InChI=1S/C32H40F2N6O4S/c1-38(12-13-39-9-2-3-10-39)25-4-5-27(30(19-25)35-24-7-14-44-15-8-24)32(41)20-31-28-21-40(11-6-29(28)36-37-31)45(42,43)26-17-22(33)16-23(34)18-26/h4-5,16-19,24,35H,2-3,6-15,20-21H2,1H3,(H,36,37). The Labute approximate surface area is 262 Å². The van der Waals surface area contributed by atoms with E-state index in [0.29, 0.717) is 42.5 Å². The molecule has 4 heterocycles. The number of nitrogens with zero attached hydrogens (tertiary/aromatic N) is 4. The number of aromatic amines is 1. The number of anilines is 2. The molecule has 0 radical (unpaired) electrons. The van der Waals surface area contributed by atoms with Gasteiger partial charge in [-0.1, -0.05) is 0 Å². The van der Waals surface area contributed by atoms with Crippen LogP contribution in [-0.4, -0.2) is 92.6 Å². The van der Waals surface area contributed by atoms with Gasteiger partial charge < -0.3 is 19.9 Å². The maximum atomic E-state index is 13.9. The van der Waals surface area contributed by atoms with E-state index in [4.69, 9.17) is 4.74 Å². The van der Waals surface area contributed by atoms with Gasteiger partial charge in [0.15, 0.2) is 5.78 Å². The zero-order valence-corrected chi connectivity index (χ0v) is 26.3. The molecule has 2 saturated heterocycles. The predicted octanol–water partition coefficient (Wildman–Crippen LogP) is 3.98. The van der Waals surface area contributed by atoms with Crippen molar-refractivity contribution < 1.29 is 26.7 Å². The highest BCUT2D eigenvalue weighted by Crippen LogP contribution is 2.30. The van der Waals surface area contributed by atoms with Gasteiger partial charge in [-0.05, 0) is 69.1 Å². The Morgan fingerprint density at radius 3 is 2.56 bits per heavy atom. The number of likely N-dealkylation sites (N-methyl/N-ethyl adjacent to an activating group) is 1. The summed E-state index contributed by atoms with van der Waals surface area (Å²) in [6, 6.07) is 8.32. The molecule has 1 aromatic heterocycles. The fourth-order valence-electron chi connectivity index (χ4n) is 6.38. The second-order valence-corrected chi connectivity index (χ2v) is 14.1. The number of hydrogen-bond donors (Lipinski definition) is 2. The average Bonchev–Trinajstić information content (AvgIpc) is 3.70. The number of fused-ring (bicyclic) bond motifs is 1.